The number of hydrogen-bond acceptors (Lipinski definition) is 1. The second-order valence-electron chi connectivity index (χ2n) is 5.17. The standard InChI is InChI=1S/C14H15BrF3NO/c1-19(8-9-3-2-4-9)13(20)11-6-5-10(15)7-12(11)14(16,17)18/h5-7,9H,2-4,8H2,1H3. The summed E-state index contributed by atoms with van der Waals surface area (Å²) in [7, 11) is 1.56. The summed E-state index contributed by atoms with van der Waals surface area (Å²) in [5.41, 5.74) is -1.18. The molecule has 0 aromatic heterocycles. The first-order valence-corrected chi connectivity index (χ1v) is 7.20. The topological polar surface area (TPSA) is 20.3 Å². The number of hydrogen-bond donors (Lipinski definition) is 0. The first kappa shape index (κ1) is 15.4. The van der Waals surface area contributed by atoms with E-state index in [4.69, 9.17) is 0 Å². The molecule has 1 aliphatic rings. The van der Waals surface area contributed by atoms with Gasteiger partial charge in [0.25, 0.3) is 5.91 Å². The van der Waals surface area contributed by atoms with Gasteiger partial charge in [-0.15, -0.1) is 0 Å². The van der Waals surface area contributed by atoms with Gasteiger partial charge in [0.15, 0.2) is 0 Å². The molecule has 0 saturated heterocycles. The van der Waals surface area contributed by atoms with E-state index < -0.39 is 17.6 Å². The molecule has 20 heavy (non-hydrogen) atoms. The molecule has 2 rings (SSSR count). The van der Waals surface area contributed by atoms with Crippen molar-refractivity contribution in [1.29, 1.82) is 0 Å². The van der Waals surface area contributed by atoms with Gasteiger partial charge in [-0.25, -0.2) is 0 Å². The van der Waals surface area contributed by atoms with Gasteiger partial charge in [0.1, 0.15) is 0 Å². The van der Waals surface area contributed by atoms with Crippen LogP contribution < -0.4 is 0 Å². The number of benzene rings is 1. The summed E-state index contributed by atoms with van der Waals surface area (Å²) in [6.07, 6.45) is -1.31. The Labute approximate surface area is 124 Å². The molecular formula is C14H15BrF3NO. The fraction of sp³-hybridized carbons (Fsp3) is 0.500. The predicted octanol–water partition coefficient (Wildman–Crippen LogP) is 4.34. The van der Waals surface area contributed by atoms with Crippen molar-refractivity contribution >= 4 is 21.8 Å². The van der Waals surface area contributed by atoms with Gasteiger partial charge in [-0.3, -0.25) is 4.79 Å². The van der Waals surface area contributed by atoms with E-state index in [1.54, 1.807) is 7.05 Å². The van der Waals surface area contributed by atoms with Crippen molar-refractivity contribution in [2.24, 2.45) is 5.92 Å². The Bertz CT molecular complexity index is 512. The summed E-state index contributed by atoms with van der Waals surface area (Å²) in [5, 5.41) is 0. The van der Waals surface area contributed by atoms with Gasteiger partial charge in [0.2, 0.25) is 0 Å². The van der Waals surface area contributed by atoms with Crippen LogP contribution in [0.2, 0.25) is 0 Å². The summed E-state index contributed by atoms with van der Waals surface area (Å²) in [5.74, 6) is -0.148. The molecule has 0 radical (unpaired) electrons. The summed E-state index contributed by atoms with van der Waals surface area (Å²) in [6.45, 7) is 0.520. The zero-order valence-corrected chi connectivity index (χ0v) is 12.6. The second-order valence-corrected chi connectivity index (χ2v) is 6.09. The number of rotatable bonds is 3. The molecular weight excluding hydrogens is 335 g/mol. The van der Waals surface area contributed by atoms with Crippen LogP contribution in [0.4, 0.5) is 13.2 Å². The third-order valence-electron chi connectivity index (χ3n) is 3.62. The average molecular weight is 350 g/mol. The van der Waals surface area contributed by atoms with Crippen molar-refractivity contribution in [3.05, 3.63) is 33.8 Å². The molecule has 0 atom stereocenters. The Morgan fingerprint density at radius 2 is 2.05 bits per heavy atom. The monoisotopic (exact) mass is 349 g/mol. The van der Waals surface area contributed by atoms with Gasteiger partial charge in [-0.05, 0) is 37.0 Å². The first-order valence-electron chi connectivity index (χ1n) is 6.41. The molecule has 0 N–H and O–H groups in total. The Balaban J connectivity index is 2.24. The van der Waals surface area contributed by atoms with E-state index >= 15 is 0 Å². The number of halogens is 4. The van der Waals surface area contributed by atoms with Crippen molar-refractivity contribution in [3.8, 4) is 0 Å². The largest absolute Gasteiger partial charge is 0.417 e. The van der Waals surface area contributed by atoms with Crippen molar-refractivity contribution in [2.45, 2.75) is 25.4 Å². The molecule has 1 aromatic rings. The highest BCUT2D eigenvalue weighted by atomic mass is 79.9. The van der Waals surface area contributed by atoms with Gasteiger partial charge in [0.05, 0.1) is 11.1 Å². The highest BCUT2D eigenvalue weighted by Crippen LogP contribution is 2.35. The molecule has 1 amide bonds. The molecule has 0 unspecified atom stereocenters. The van der Waals surface area contributed by atoms with Gasteiger partial charge < -0.3 is 4.90 Å². The molecule has 110 valence electrons. The van der Waals surface area contributed by atoms with E-state index in [1.807, 2.05) is 0 Å². The van der Waals surface area contributed by atoms with Crippen LogP contribution in [0.5, 0.6) is 0 Å². The number of alkyl halides is 3. The number of amides is 1. The van der Waals surface area contributed by atoms with Crippen LogP contribution in [0.3, 0.4) is 0 Å². The van der Waals surface area contributed by atoms with Gasteiger partial charge in [-0.2, -0.15) is 13.2 Å². The van der Waals surface area contributed by atoms with Gasteiger partial charge in [-0.1, -0.05) is 22.4 Å². The molecule has 6 heteroatoms. The fourth-order valence-electron chi connectivity index (χ4n) is 2.29. The molecule has 0 spiro atoms. The highest BCUT2D eigenvalue weighted by molar-refractivity contribution is 9.10. The normalized spacial score (nSPS) is 15.8. The molecule has 1 fully saturated rings. The molecule has 2 nitrogen and oxygen atoms in total. The van der Waals surface area contributed by atoms with Crippen LogP contribution in [0.1, 0.15) is 35.2 Å². The fourth-order valence-corrected chi connectivity index (χ4v) is 2.65. The molecule has 0 heterocycles. The SMILES string of the molecule is CN(CC1CCC1)C(=O)c1ccc(Br)cc1C(F)(F)F. The van der Waals surface area contributed by atoms with Gasteiger partial charge in [0, 0.05) is 18.1 Å². The molecule has 1 aliphatic carbocycles. The van der Waals surface area contributed by atoms with E-state index in [-0.39, 0.29) is 5.56 Å². The minimum absolute atomic E-state index is 0.289. The maximum atomic E-state index is 13.0. The van der Waals surface area contributed by atoms with Crippen LogP contribution >= 0.6 is 15.9 Å². The lowest BCUT2D eigenvalue weighted by atomic mass is 9.85. The Kier molecular flexibility index (Phi) is 4.42. The van der Waals surface area contributed by atoms with Crippen molar-refractivity contribution in [1.82, 2.24) is 4.90 Å². The van der Waals surface area contributed by atoms with Crippen LogP contribution in [0.25, 0.3) is 0 Å². The molecule has 0 bridgehead atoms. The minimum Gasteiger partial charge on any atom is -0.341 e. The number of carbonyl (C=O) groups excluding carboxylic acids is 1. The van der Waals surface area contributed by atoms with Crippen LogP contribution in [-0.2, 0) is 6.18 Å². The Morgan fingerprint density at radius 3 is 2.55 bits per heavy atom. The molecule has 1 saturated carbocycles. The zero-order valence-electron chi connectivity index (χ0n) is 11.0. The van der Waals surface area contributed by atoms with Crippen LogP contribution in [0, 0.1) is 5.92 Å². The Hall–Kier alpha value is -1.04. The minimum atomic E-state index is -4.54. The van der Waals surface area contributed by atoms with E-state index in [1.165, 1.54) is 17.0 Å². The second kappa shape index (κ2) is 5.76. The lowest BCUT2D eigenvalue weighted by molar-refractivity contribution is -0.138. The van der Waals surface area contributed by atoms with E-state index in [2.05, 4.69) is 15.9 Å². The maximum Gasteiger partial charge on any atom is 0.417 e. The predicted molar refractivity (Wildman–Crippen MR) is 73.4 cm³/mol. The van der Waals surface area contributed by atoms with E-state index in [9.17, 15) is 18.0 Å². The van der Waals surface area contributed by atoms with E-state index in [0.717, 1.165) is 25.3 Å². The third kappa shape index (κ3) is 3.34. The summed E-state index contributed by atoms with van der Waals surface area (Å²) in [4.78, 5) is 13.6. The lowest BCUT2D eigenvalue weighted by Crippen LogP contribution is -2.35. The zero-order chi connectivity index (χ0) is 14.9. The van der Waals surface area contributed by atoms with Crippen molar-refractivity contribution < 1.29 is 18.0 Å². The van der Waals surface area contributed by atoms with Crippen LogP contribution in [0.15, 0.2) is 22.7 Å². The van der Waals surface area contributed by atoms with E-state index in [0.29, 0.717) is 16.9 Å². The summed E-state index contributed by atoms with van der Waals surface area (Å²) >= 11 is 3.01. The average Bonchev–Trinajstić information content (AvgIpc) is 2.31. The quantitative estimate of drug-likeness (QED) is 0.794. The third-order valence-corrected chi connectivity index (χ3v) is 4.11. The number of carbonyl (C=O) groups is 1. The Morgan fingerprint density at radius 1 is 1.40 bits per heavy atom. The lowest BCUT2D eigenvalue weighted by Gasteiger charge is -2.30. The first-order chi connectivity index (χ1) is 9.29. The summed E-state index contributed by atoms with van der Waals surface area (Å²) < 4.78 is 39.3. The number of nitrogens with zero attached hydrogens (tertiary/aromatic N) is 1. The maximum absolute atomic E-state index is 13.0. The molecule has 1 aromatic carbocycles. The highest BCUT2D eigenvalue weighted by Gasteiger charge is 2.36. The smallest absolute Gasteiger partial charge is 0.341 e. The summed E-state index contributed by atoms with van der Waals surface area (Å²) in [6, 6.07) is 3.64. The van der Waals surface area contributed by atoms with Gasteiger partial charge >= 0.3 is 6.18 Å². The van der Waals surface area contributed by atoms with Crippen molar-refractivity contribution in [2.75, 3.05) is 13.6 Å². The van der Waals surface area contributed by atoms with Crippen molar-refractivity contribution in [3.63, 3.8) is 0 Å². The molecule has 0 aliphatic heterocycles. The van der Waals surface area contributed by atoms with Crippen LogP contribution in [-0.4, -0.2) is 24.4 Å².